The zero-order chi connectivity index (χ0) is 51.1. The lowest BCUT2D eigenvalue weighted by Gasteiger charge is -2.46. The Labute approximate surface area is 396 Å². The Morgan fingerprint density at radius 1 is 0.565 bits per heavy atom. The first-order chi connectivity index (χ1) is 32.7. The first-order valence-electron chi connectivity index (χ1n) is 23.0. The molecule has 3 aliphatic heterocycles. The Balaban J connectivity index is 1.37. The van der Waals surface area contributed by atoms with Crippen LogP contribution in [0.25, 0.3) is 0 Å². The predicted molar refractivity (Wildman–Crippen MR) is 226 cm³/mol. The summed E-state index contributed by atoms with van der Waals surface area (Å²) in [7, 11) is 0. The Hall–Kier alpha value is -2.92. The van der Waals surface area contributed by atoms with Crippen LogP contribution in [0.5, 0.6) is 0 Å². The lowest BCUT2D eigenvalue weighted by molar-refractivity contribution is -0.340. The second-order valence-corrected chi connectivity index (χ2v) is 17.4. The highest BCUT2D eigenvalue weighted by Crippen LogP contribution is 2.33. The van der Waals surface area contributed by atoms with Crippen molar-refractivity contribution in [2.24, 2.45) is 5.92 Å². The predicted octanol–water partition coefficient (Wildman–Crippen LogP) is -9.28. The van der Waals surface area contributed by atoms with Crippen LogP contribution in [0.2, 0.25) is 0 Å². The summed E-state index contributed by atoms with van der Waals surface area (Å²) in [6, 6.07) is 0. The molecule has 1 aliphatic carbocycles. The monoisotopic (exact) mass is 1000 g/mol. The average molecular weight is 1010 g/mol. The number of hydrogen-bond donors (Lipinski definition) is 16. The van der Waals surface area contributed by atoms with Crippen LogP contribution in [0.1, 0.15) is 46.0 Å². The number of ether oxygens (including phenoxy) is 7. The molecule has 4 aliphatic rings. The van der Waals surface area contributed by atoms with Crippen LogP contribution in [-0.2, 0) is 52.3 Å². The standard InChI is InChI=1S/C41H72N4O24/c1-3-42-23(48)6-4-5-7-26(51)45(13-24(49)43-8-10-63-39-35(60)32(57)27(52)18(2)66-39)14-25(50)44-9-11-64-41-37(62)38(67-20-12-19(15-46)28(53)33(58)29(20)54)31(56)22(69-41)17-65-40-36(61)34(59)30(55)21(16-47)68-40/h18-22,27-41,46-47,52-62H,3-17H2,1-2H3,(H,42,48)(H,43,49)(H,44,50)/t18-,19+,20-,21+,22+,27+,28+,29+,30+,31+,32+,33-,34-,35-,36-,37-,38-,39+,40-,41-/m0/s1. The van der Waals surface area contributed by atoms with Gasteiger partial charge in [-0.1, -0.05) is 0 Å². The molecule has 0 spiro atoms. The maximum atomic E-state index is 13.3. The van der Waals surface area contributed by atoms with Gasteiger partial charge in [-0.3, -0.25) is 19.2 Å². The summed E-state index contributed by atoms with van der Waals surface area (Å²) < 4.78 is 39.1. The van der Waals surface area contributed by atoms with Crippen molar-refractivity contribution in [3.8, 4) is 0 Å². The van der Waals surface area contributed by atoms with E-state index in [0.717, 1.165) is 4.90 Å². The Kier molecular flexibility index (Phi) is 24.1. The van der Waals surface area contributed by atoms with Crippen molar-refractivity contribution in [2.45, 2.75) is 162 Å². The molecule has 0 aromatic rings. The molecule has 0 bridgehead atoms. The molecule has 0 unspecified atom stereocenters. The molecule has 0 aromatic carbocycles. The summed E-state index contributed by atoms with van der Waals surface area (Å²) in [6.45, 7) is -0.706. The number of carbonyl (C=O) groups is 4. The summed E-state index contributed by atoms with van der Waals surface area (Å²) in [5, 5.41) is 142. The minimum absolute atomic E-state index is 0.124. The van der Waals surface area contributed by atoms with Gasteiger partial charge in [0.05, 0.1) is 44.7 Å². The van der Waals surface area contributed by atoms with Crippen molar-refractivity contribution in [1.29, 1.82) is 0 Å². The molecule has 69 heavy (non-hydrogen) atoms. The number of hydrogen-bond acceptors (Lipinski definition) is 24. The molecule has 28 nitrogen and oxygen atoms in total. The molecule has 0 aromatic heterocycles. The van der Waals surface area contributed by atoms with E-state index in [4.69, 9.17) is 33.2 Å². The Morgan fingerprint density at radius 3 is 1.68 bits per heavy atom. The van der Waals surface area contributed by atoms with Crippen molar-refractivity contribution in [3.05, 3.63) is 0 Å². The number of unbranched alkanes of at least 4 members (excludes halogenated alkanes) is 1. The normalized spacial score (nSPS) is 38.2. The van der Waals surface area contributed by atoms with Crippen LogP contribution in [0.3, 0.4) is 0 Å². The van der Waals surface area contributed by atoms with Crippen LogP contribution in [0.4, 0.5) is 0 Å². The van der Waals surface area contributed by atoms with Crippen LogP contribution in [0.15, 0.2) is 0 Å². The smallest absolute Gasteiger partial charge is 0.239 e. The van der Waals surface area contributed by atoms with Gasteiger partial charge >= 0.3 is 0 Å². The molecule has 16 N–H and O–H groups in total. The number of nitrogens with zero attached hydrogens (tertiary/aromatic N) is 1. The SMILES string of the molecule is CCNC(=O)CCCCC(=O)N(CC(=O)NCCO[C@@H]1O[C@@H](C)[C@@H](O)[C@@H](O)[C@@H]1O)CC(=O)NCCO[C@H]1O[C@H](CO[C@H]2O[C@H](CO)[C@@H](O)[C@H](O)[C@@H]2O)[C@@H](O)[C@H](O[C@H]2C[C@H](CO)[C@@H](O)[C@H](O)[C@@H]2O)[C@@H]1O. The van der Waals surface area contributed by atoms with E-state index in [1.807, 2.05) is 0 Å². The molecule has 1 saturated carbocycles. The Morgan fingerprint density at radius 2 is 1.10 bits per heavy atom. The zero-order valence-corrected chi connectivity index (χ0v) is 38.4. The van der Waals surface area contributed by atoms with Gasteiger partial charge in [0.15, 0.2) is 18.9 Å². The third-order valence-electron chi connectivity index (χ3n) is 12.2. The molecule has 3 heterocycles. The van der Waals surface area contributed by atoms with E-state index in [9.17, 15) is 85.6 Å². The van der Waals surface area contributed by atoms with Crippen LogP contribution in [0, 0.1) is 5.92 Å². The minimum atomic E-state index is -1.86. The first kappa shape index (κ1) is 58.6. The van der Waals surface area contributed by atoms with Gasteiger partial charge in [-0.2, -0.15) is 0 Å². The Bertz CT molecular complexity index is 1590. The van der Waals surface area contributed by atoms with E-state index in [2.05, 4.69) is 16.0 Å². The number of amides is 4. The number of rotatable bonds is 25. The summed E-state index contributed by atoms with van der Waals surface area (Å²) in [6.07, 6.45) is -29.7. The molecule has 4 fully saturated rings. The van der Waals surface area contributed by atoms with Crippen molar-refractivity contribution in [1.82, 2.24) is 20.9 Å². The van der Waals surface area contributed by atoms with Crippen molar-refractivity contribution >= 4 is 23.6 Å². The number of aliphatic hydroxyl groups is 13. The molecule has 28 heteroatoms. The van der Waals surface area contributed by atoms with Gasteiger partial charge in [-0.15, -0.1) is 0 Å². The van der Waals surface area contributed by atoms with Crippen LogP contribution < -0.4 is 16.0 Å². The van der Waals surface area contributed by atoms with Crippen LogP contribution in [-0.4, -0.2) is 277 Å². The molecule has 4 rings (SSSR count). The van der Waals surface area contributed by atoms with E-state index < -0.39 is 180 Å². The van der Waals surface area contributed by atoms with Crippen LogP contribution >= 0.6 is 0 Å². The molecule has 20 atom stereocenters. The van der Waals surface area contributed by atoms with Gasteiger partial charge in [0.1, 0.15) is 92.4 Å². The summed E-state index contributed by atoms with van der Waals surface area (Å²) in [5.41, 5.74) is 0. The lowest BCUT2D eigenvalue weighted by atomic mass is 9.81. The van der Waals surface area contributed by atoms with E-state index in [-0.39, 0.29) is 51.3 Å². The molecule has 0 radical (unpaired) electrons. The molecule has 4 amide bonds. The largest absolute Gasteiger partial charge is 0.396 e. The summed E-state index contributed by atoms with van der Waals surface area (Å²) in [5.74, 6) is -3.25. The maximum Gasteiger partial charge on any atom is 0.239 e. The van der Waals surface area contributed by atoms with Gasteiger partial charge in [0, 0.05) is 45.0 Å². The minimum Gasteiger partial charge on any atom is -0.396 e. The van der Waals surface area contributed by atoms with E-state index >= 15 is 0 Å². The molecular formula is C41H72N4O24. The third kappa shape index (κ3) is 16.3. The number of carbonyl (C=O) groups excluding carboxylic acids is 4. The molecule has 3 saturated heterocycles. The van der Waals surface area contributed by atoms with Crippen molar-refractivity contribution in [2.75, 3.05) is 65.8 Å². The van der Waals surface area contributed by atoms with E-state index in [1.54, 1.807) is 6.92 Å². The molecule has 400 valence electrons. The summed E-state index contributed by atoms with van der Waals surface area (Å²) in [4.78, 5) is 52.3. The molecular weight excluding hydrogens is 932 g/mol. The fourth-order valence-electron chi connectivity index (χ4n) is 8.11. The summed E-state index contributed by atoms with van der Waals surface area (Å²) >= 11 is 0. The van der Waals surface area contributed by atoms with Gasteiger partial charge in [0.25, 0.3) is 0 Å². The van der Waals surface area contributed by atoms with E-state index in [1.165, 1.54) is 6.92 Å². The van der Waals surface area contributed by atoms with E-state index in [0.29, 0.717) is 13.0 Å². The highest BCUT2D eigenvalue weighted by atomic mass is 16.7. The lowest BCUT2D eigenvalue weighted by Crippen LogP contribution is -2.64. The quantitative estimate of drug-likeness (QED) is 0.0378. The van der Waals surface area contributed by atoms with Crippen molar-refractivity contribution in [3.63, 3.8) is 0 Å². The second kappa shape index (κ2) is 28.4. The zero-order valence-electron chi connectivity index (χ0n) is 38.4. The number of nitrogens with one attached hydrogen (secondary N) is 3. The van der Waals surface area contributed by atoms with Gasteiger partial charge in [0.2, 0.25) is 23.6 Å². The van der Waals surface area contributed by atoms with Gasteiger partial charge < -0.3 is 120 Å². The fourth-order valence-corrected chi connectivity index (χ4v) is 8.11. The fraction of sp³-hybridized carbons (Fsp3) is 0.902. The number of aliphatic hydroxyl groups excluding tert-OH is 13. The van der Waals surface area contributed by atoms with Gasteiger partial charge in [-0.25, -0.2) is 0 Å². The topological polar surface area (TPSA) is 435 Å². The second-order valence-electron chi connectivity index (χ2n) is 17.4. The highest BCUT2D eigenvalue weighted by Gasteiger charge is 2.52. The average Bonchev–Trinajstić information content (AvgIpc) is 3.32. The highest BCUT2D eigenvalue weighted by molar-refractivity contribution is 5.89. The third-order valence-corrected chi connectivity index (χ3v) is 12.2. The maximum absolute atomic E-state index is 13.3. The van der Waals surface area contributed by atoms with Crippen molar-refractivity contribution < 1.29 is 119 Å². The first-order valence-corrected chi connectivity index (χ1v) is 23.0. The van der Waals surface area contributed by atoms with Gasteiger partial charge in [-0.05, 0) is 33.1 Å².